The van der Waals surface area contributed by atoms with Crippen molar-refractivity contribution in [1.82, 2.24) is 14.6 Å². The number of aromatic nitrogens is 1. The van der Waals surface area contributed by atoms with Gasteiger partial charge < -0.3 is 10.1 Å². The van der Waals surface area contributed by atoms with E-state index in [-0.39, 0.29) is 22.8 Å². The first kappa shape index (κ1) is 22.4. The molecule has 7 nitrogen and oxygen atoms in total. The largest absolute Gasteiger partial charge is 0.374 e. The van der Waals surface area contributed by atoms with E-state index in [1.54, 1.807) is 18.3 Å². The summed E-state index contributed by atoms with van der Waals surface area (Å²) in [7, 11) is -3.56. The van der Waals surface area contributed by atoms with Gasteiger partial charge in [-0.2, -0.15) is 4.31 Å². The molecule has 3 rings (SSSR count). The summed E-state index contributed by atoms with van der Waals surface area (Å²) >= 11 is 0. The molecule has 0 saturated carbocycles. The van der Waals surface area contributed by atoms with E-state index in [2.05, 4.69) is 10.3 Å². The van der Waals surface area contributed by atoms with Crippen molar-refractivity contribution in [1.29, 1.82) is 0 Å². The Labute approximate surface area is 178 Å². The van der Waals surface area contributed by atoms with Crippen LogP contribution in [0.5, 0.6) is 0 Å². The summed E-state index contributed by atoms with van der Waals surface area (Å²) in [4.78, 5) is 16.7. The van der Waals surface area contributed by atoms with Gasteiger partial charge in [-0.3, -0.25) is 9.78 Å². The van der Waals surface area contributed by atoms with Gasteiger partial charge in [0.25, 0.3) is 0 Å². The van der Waals surface area contributed by atoms with E-state index < -0.39 is 10.0 Å². The third kappa shape index (κ3) is 5.65. The lowest BCUT2D eigenvalue weighted by atomic mass is 9.97. The molecule has 0 atom stereocenters. The van der Waals surface area contributed by atoms with E-state index in [1.807, 2.05) is 38.1 Å². The van der Waals surface area contributed by atoms with Gasteiger partial charge in [-0.15, -0.1) is 0 Å². The highest BCUT2D eigenvalue weighted by atomic mass is 32.2. The number of carbonyl (C=O) groups excluding carboxylic acids is 1. The number of ether oxygens (including phenoxy) is 1. The number of pyridine rings is 1. The fourth-order valence-corrected chi connectivity index (χ4v) is 4.90. The first-order valence-corrected chi connectivity index (χ1v) is 11.7. The van der Waals surface area contributed by atoms with Crippen LogP contribution in [0.3, 0.4) is 0 Å². The Morgan fingerprint density at radius 1 is 1.17 bits per heavy atom. The van der Waals surface area contributed by atoms with Gasteiger partial charge in [0.2, 0.25) is 15.9 Å². The van der Waals surface area contributed by atoms with Crippen LogP contribution in [0.25, 0.3) is 0 Å². The Kier molecular flexibility index (Phi) is 7.58. The summed E-state index contributed by atoms with van der Waals surface area (Å²) in [5.41, 5.74) is 2.09. The van der Waals surface area contributed by atoms with Gasteiger partial charge in [0.1, 0.15) is 4.90 Å². The standard InChI is InChI=1S/C22H29N3O4S/c1-17(2)29-16-20-7-4-3-6-19(20)14-24-22(26)18-9-12-25(13-10-18)30(27,28)21-8-5-11-23-15-21/h3-8,11,15,17-18H,9-10,12-14,16H2,1-2H3,(H,24,26). The number of nitrogens with zero attached hydrogens (tertiary/aromatic N) is 2. The topological polar surface area (TPSA) is 88.6 Å². The van der Waals surface area contributed by atoms with Crippen LogP contribution < -0.4 is 5.32 Å². The number of sulfonamides is 1. The Hall–Kier alpha value is -2.29. The maximum atomic E-state index is 12.7. The average Bonchev–Trinajstić information content (AvgIpc) is 2.77. The average molecular weight is 432 g/mol. The van der Waals surface area contributed by atoms with E-state index in [4.69, 9.17) is 4.74 Å². The van der Waals surface area contributed by atoms with Crippen LogP contribution in [0.1, 0.15) is 37.8 Å². The summed E-state index contributed by atoms with van der Waals surface area (Å²) < 4.78 is 32.5. The predicted octanol–water partition coefficient (Wildman–Crippen LogP) is 2.72. The molecule has 0 bridgehead atoms. The minimum atomic E-state index is -3.56. The molecule has 1 fully saturated rings. The number of piperidine rings is 1. The molecule has 1 N–H and O–H groups in total. The Bertz CT molecular complexity index is 940. The van der Waals surface area contributed by atoms with Crippen LogP contribution in [0.2, 0.25) is 0 Å². The number of amides is 1. The molecule has 1 aromatic carbocycles. The van der Waals surface area contributed by atoms with Crippen LogP contribution in [0, 0.1) is 5.92 Å². The fraction of sp³-hybridized carbons (Fsp3) is 0.455. The molecule has 162 valence electrons. The number of hydrogen-bond donors (Lipinski definition) is 1. The van der Waals surface area contributed by atoms with E-state index in [9.17, 15) is 13.2 Å². The molecule has 2 heterocycles. The third-order valence-electron chi connectivity index (χ3n) is 5.24. The fourth-order valence-electron chi connectivity index (χ4n) is 3.46. The lowest BCUT2D eigenvalue weighted by molar-refractivity contribution is -0.126. The SMILES string of the molecule is CC(C)OCc1ccccc1CNC(=O)C1CCN(S(=O)(=O)c2cccnc2)CC1. The second-order valence-corrected chi connectivity index (χ2v) is 9.65. The summed E-state index contributed by atoms with van der Waals surface area (Å²) in [6.45, 7) is 5.58. The molecular formula is C22H29N3O4S. The third-order valence-corrected chi connectivity index (χ3v) is 7.12. The van der Waals surface area contributed by atoms with E-state index in [0.29, 0.717) is 39.1 Å². The van der Waals surface area contributed by atoms with E-state index in [1.165, 1.54) is 10.5 Å². The molecule has 0 aliphatic carbocycles. The van der Waals surface area contributed by atoms with E-state index >= 15 is 0 Å². The molecule has 8 heteroatoms. The van der Waals surface area contributed by atoms with Gasteiger partial charge in [0, 0.05) is 37.9 Å². The first-order valence-electron chi connectivity index (χ1n) is 10.2. The summed E-state index contributed by atoms with van der Waals surface area (Å²) in [5.74, 6) is -0.225. The minimum absolute atomic E-state index is 0.0343. The number of nitrogens with one attached hydrogen (secondary N) is 1. The predicted molar refractivity (Wildman–Crippen MR) is 114 cm³/mol. The van der Waals surface area contributed by atoms with Crippen molar-refractivity contribution in [2.24, 2.45) is 5.92 Å². The molecule has 1 amide bonds. The van der Waals surface area contributed by atoms with Crippen LogP contribution in [0.15, 0.2) is 53.7 Å². The lowest BCUT2D eigenvalue weighted by Crippen LogP contribution is -2.42. The smallest absolute Gasteiger partial charge is 0.244 e. The first-order chi connectivity index (χ1) is 14.4. The quantitative estimate of drug-likeness (QED) is 0.694. The highest BCUT2D eigenvalue weighted by Crippen LogP contribution is 2.23. The maximum absolute atomic E-state index is 12.7. The molecule has 0 unspecified atom stereocenters. The second-order valence-electron chi connectivity index (χ2n) is 7.71. The normalized spacial score (nSPS) is 16.0. The summed E-state index contributed by atoms with van der Waals surface area (Å²) in [6.07, 6.45) is 4.05. The van der Waals surface area contributed by atoms with Crippen LogP contribution >= 0.6 is 0 Å². The Morgan fingerprint density at radius 2 is 1.87 bits per heavy atom. The van der Waals surface area contributed by atoms with Gasteiger partial charge in [-0.25, -0.2) is 8.42 Å². The van der Waals surface area contributed by atoms with Crippen molar-refractivity contribution in [3.63, 3.8) is 0 Å². The lowest BCUT2D eigenvalue weighted by Gasteiger charge is -2.30. The zero-order chi connectivity index (χ0) is 21.6. The van der Waals surface area contributed by atoms with Crippen LogP contribution in [0.4, 0.5) is 0 Å². The minimum Gasteiger partial charge on any atom is -0.374 e. The monoisotopic (exact) mass is 431 g/mol. The Balaban J connectivity index is 1.53. The molecule has 0 spiro atoms. The van der Waals surface area contributed by atoms with Crippen molar-refractivity contribution in [3.8, 4) is 0 Å². The molecular weight excluding hydrogens is 402 g/mol. The van der Waals surface area contributed by atoms with Crippen LogP contribution in [-0.2, 0) is 32.7 Å². The van der Waals surface area contributed by atoms with Crippen molar-refractivity contribution >= 4 is 15.9 Å². The number of hydrogen-bond acceptors (Lipinski definition) is 5. The zero-order valence-corrected chi connectivity index (χ0v) is 18.3. The molecule has 0 radical (unpaired) electrons. The van der Waals surface area contributed by atoms with Crippen molar-refractivity contribution < 1.29 is 17.9 Å². The number of benzene rings is 1. The molecule has 1 aromatic heterocycles. The highest BCUT2D eigenvalue weighted by molar-refractivity contribution is 7.89. The number of rotatable bonds is 8. The zero-order valence-electron chi connectivity index (χ0n) is 17.5. The summed E-state index contributed by atoms with van der Waals surface area (Å²) in [6, 6.07) is 11.1. The number of carbonyl (C=O) groups is 1. The molecule has 2 aromatic rings. The van der Waals surface area contributed by atoms with Gasteiger partial charge in [0.05, 0.1) is 12.7 Å². The molecule has 1 saturated heterocycles. The molecule has 30 heavy (non-hydrogen) atoms. The molecule has 1 aliphatic heterocycles. The highest BCUT2D eigenvalue weighted by Gasteiger charge is 2.32. The van der Waals surface area contributed by atoms with Gasteiger partial charge in [-0.05, 0) is 49.9 Å². The van der Waals surface area contributed by atoms with Gasteiger partial charge in [0.15, 0.2) is 0 Å². The second kappa shape index (κ2) is 10.1. The van der Waals surface area contributed by atoms with Gasteiger partial charge in [-0.1, -0.05) is 24.3 Å². The van der Waals surface area contributed by atoms with Crippen molar-refractivity contribution in [2.45, 2.75) is 50.8 Å². The van der Waals surface area contributed by atoms with Gasteiger partial charge >= 0.3 is 0 Å². The molecule has 1 aliphatic rings. The van der Waals surface area contributed by atoms with Crippen LogP contribution in [-0.4, -0.2) is 42.8 Å². The summed E-state index contributed by atoms with van der Waals surface area (Å²) in [5, 5.41) is 3.01. The van der Waals surface area contributed by atoms with Crippen molar-refractivity contribution in [2.75, 3.05) is 13.1 Å². The Morgan fingerprint density at radius 3 is 2.50 bits per heavy atom. The maximum Gasteiger partial charge on any atom is 0.244 e. The van der Waals surface area contributed by atoms with Crippen molar-refractivity contribution in [3.05, 3.63) is 59.9 Å². The van der Waals surface area contributed by atoms with E-state index in [0.717, 1.165) is 11.1 Å².